The molecular formula is C27H27F4NO4S. The lowest BCUT2D eigenvalue weighted by atomic mass is 9.52. The van der Waals surface area contributed by atoms with Gasteiger partial charge in [0.15, 0.2) is 0 Å². The zero-order chi connectivity index (χ0) is 26.8. The Morgan fingerprint density at radius 2 is 1.81 bits per heavy atom. The molecule has 0 bridgehead atoms. The van der Waals surface area contributed by atoms with Crippen LogP contribution >= 0.6 is 0 Å². The zero-order valence-corrected chi connectivity index (χ0v) is 21.0. The summed E-state index contributed by atoms with van der Waals surface area (Å²) in [6.45, 7) is 2.10. The summed E-state index contributed by atoms with van der Waals surface area (Å²) in [4.78, 5) is 0. The van der Waals surface area contributed by atoms with E-state index in [1.807, 2.05) is 12.1 Å². The van der Waals surface area contributed by atoms with E-state index in [0.29, 0.717) is 24.0 Å². The van der Waals surface area contributed by atoms with Crippen molar-refractivity contribution in [3.8, 4) is 11.8 Å². The molecule has 0 amide bonds. The molecule has 2 aromatic carbocycles. The van der Waals surface area contributed by atoms with Gasteiger partial charge in [-0.2, -0.15) is 26.9 Å². The highest BCUT2D eigenvalue weighted by atomic mass is 32.2. The smallest absolute Gasteiger partial charge is 0.389 e. The fourth-order valence-corrected chi connectivity index (χ4v) is 7.75. The molecule has 3 aliphatic rings. The summed E-state index contributed by atoms with van der Waals surface area (Å²) < 4.78 is 79.3. The number of nitrogens with zero attached hydrogens (tertiary/aromatic N) is 1. The van der Waals surface area contributed by atoms with Crippen molar-refractivity contribution in [3.63, 3.8) is 0 Å². The second kappa shape index (κ2) is 8.70. The lowest BCUT2D eigenvalue weighted by Gasteiger charge is -2.53. The monoisotopic (exact) mass is 537 g/mol. The SMILES string of the molecule is C[C@]12CCC3c4ccc(C#N)c(F)c4CCC3C1CC[C@@]2(O)Cc1ccc(OS(=O)(=O)C(F)(F)F)cc1. The summed E-state index contributed by atoms with van der Waals surface area (Å²) in [5.41, 5.74) is -4.59. The molecule has 5 rings (SSSR count). The molecule has 2 fully saturated rings. The van der Waals surface area contributed by atoms with Crippen molar-refractivity contribution < 1.29 is 35.3 Å². The van der Waals surface area contributed by atoms with Crippen molar-refractivity contribution >= 4 is 10.1 Å². The van der Waals surface area contributed by atoms with E-state index in [2.05, 4.69) is 11.1 Å². The number of halogens is 4. The van der Waals surface area contributed by atoms with Crippen molar-refractivity contribution in [2.75, 3.05) is 0 Å². The summed E-state index contributed by atoms with van der Waals surface area (Å²) in [7, 11) is -5.75. The van der Waals surface area contributed by atoms with Crippen LogP contribution in [0.15, 0.2) is 36.4 Å². The van der Waals surface area contributed by atoms with Crippen LogP contribution in [-0.2, 0) is 23.0 Å². The first-order valence-corrected chi connectivity index (χ1v) is 13.7. The van der Waals surface area contributed by atoms with Crippen LogP contribution in [0.4, 0.5) is 17.6 Å². The summed E-state index contributed by atoms with van der Waals surface area (Å²) in [5, 5.41) is 21.1. The molecule has 198 valence electrons. The number of aliphatic hydroxyl groups is 1. The predicted octanol–water partition coefficient (Wildman–Crippen LogP) is 5.76. The van der Waals surface area contributed by atoms with E-state index in [4.69, 9.17) is 0 Å². The molecule has 2 aromatic rings. The average molecular weight is 538 g/mol. The van der Waals surface area contributed by atoms with Gasteiger partial charge in [0.05, 0.1) is 11.2 Å². The fourth-order valence-electron chi connectivity index (χ4n) is 7.29. The Hall–Kier alpha value is -2.64. The molecule has 0 aliphatic heterocycles. The van der Waals surface area contributed by atoms with Gasteiger partial charge in [0, 0.05) is 6.42 Å². The number of fused-ring (bicyclic) bond motifs is 5. The van der Waals surface area contributed by atoms with E-state index in [1.165, 1.54) is 12.1 Å². The Labute approximate surface area is 213 Å². The van der Waals surface area contributed by atoms with Crippen molar-refractivity contribution in [3.05, 3.63) is 64.5 Å². The molecule has 5 nitrogen and oxygen atoms in total. The molecule has 0 heterocycles. The Kier molecular flexibility index (Phi) is 6.11. The Morgan fingerprint density at radius 3 is 2.46 bits per heavy atom. The normalized spacial score (nSPS) is 31.1. The van der Waals surface area contributed by atoms with Crippen LogP contribution in [0.2, 0.25) is 0 Å². The summed E-state index contributed by atoms with van der Waals surface area (Å²) in [6.07, 6.45) is 4.53. The number of rotatable bonds is 4. The van der Waals surface area contributed by atoms with Gasteiger partial charge >= 0.3 is 15.6 Å². The number of alkyl halides is 3. The van der Waals surface area contributed by atoms with Crippen molar-refractivity contribution in [1.29, 1.82) is 5.26 Å². The number of hydrogen-bond acceptors (Lipinski definition) is 5. The largest absolute Gasteiger partial charge is 0.534 e. The highest BCUT2D eigenvalue weighted by Gasteiger charge is 2.61. The van der Waals surface area contributed by atoms with Crippen LogP contribution < -0.4 is 4.18 Å². The standard InChI is InChI=1S/C27H27F4NO4S/c1-25-12-10-20-19-7-4-17(15-32)24(28)22(19)9-8-21(20)23(25)11-13-26(25,33)14-16-2-5-18(6-3-16)36-37(34,35)27(29,30)31/h2-7,20-21,23,33H,8-14H2,1H3/t20?,21?,23?,25-,26+/m0/s1. The second-order valence-corrected chi connectivity index (χ2v) is 12.4. The van der Waals surface area contributed by atoms with E-state index < -0.39 is 38.2 Å². The van der Waals surface area contributed by atoms with Gasteiger partial charge in [-0.25, -0.2) is 4.39 Å². The van der Waals surface area contributed by atoms with Gasteiger partial charge in [-0.1, -0.05) is 25.1 Å². The summed E-state index contributed by atoms with van der Waals surface area (Å²) >= 11 is 0. The third kappa shape index (κ3) is 4.11. The molecule has 0 aromatic heterocycles. The number of hydrogen-bond donors (Lipinski definition) is 1. The van der Waals surface area contributed by atoms with E-state index in [9.17, 15) is 36.3 Å². The average Bonchev–Trinajstić information content (AvgIpc) is 3.10. The number of nitriles is 1. The molecule has 3 aliphatic carbocycles. The maximum atomic E-state index is 14.8. The highest BCUT2D eigenvalue weighted by molar-refractivity contribution is 7.88. The van der Waals surface area contributed by atoms with Crippen molar-refractivity contribution in [2.45, 2.75) is 68.9 Å². The molecule has 37 heavy (non-hydrogen) atoms. The second-order valence-electron chi connectivity index (χ2n) is 10.9. The van der Waals surface area contributed by atoms with Crippen LogP contribution in [0.3, 0.4) is 0 Å². The lowest BCUT2D eigenvalue weighted by molar-refractivity contribution is -0.102. The Balaban J connectivity index is 1.35. The zero-order valence-electron chi connectivity index (χ0n) is 20.2. The molecular weight excluding hydrogens is 510 g/mol. The Bertz CT molecular complexity index is 1370. The topological polar surface area (TPSA) is 87.4 Å². The fraction of sp³-hybridized carbons (Fsp3) is 0.519. The summed E-state index contributed by atoms with van der Waals surface area (Å²) in [6, 6.07) is 10.7. The molecule has 2 saturated carbocycles. The molecule has 0 radical (unpaired) electrons. The van der Waals surface area contributed by atoms with E-state index >= 15 is 0 Å². The van der Waals surface area contributed by atoms with Gasteiger partial charge in [-0.15, -0.1) is 0 Å². The van der Waals surface area contributed by atoms with E-state index in [1.54, 1.807) is 6.07 Å². The van der Waals surface area contributed by atoms with Gasteiger partial charge in [0.25, 0.3) is 0 Å². The van der Waals surface area contributed by atoms with Gasteiger partial charge in [0.2, 0.25) is 0 Å². The Morgan fingerprint density at radius 1 is 1.11 bits per heavy atom. The molecule has 0 saturated heterocycles. The minimum absolute atomic E-state index is 0.0699. The van der Waals surface area contributed by atoms with Gasteiger partial charge in [-0.3, -0.25) is 0 Å². The molecule has 10 heteroatoms. The molecule has 0 spiro atoms. The molecule has 5 atom stereocenters. The molecule has 3 unspecified atom stereocenters. The van der Waals surface area contributed by atoms with Gasteiger partial charge < -0.3 is 9.29 Å². The lowest BCUT2D eigenvalue weighted by Crippen LogP contribution is -2.52. The quantitative estimate of drug-likeness (QED) is 0.305. The van der Waals surface area contributed by atoms with Crippen LogP contribution in [0.5, 0.6) is 5.75 Å². The minimum atomic E-state index is -5.75. The third-order valence-corrected chi connectivity index (χ3v) is 10.2. The first-order chi connectivity index (χ1) is 17.3. The van der Waals surface area contributed by atoms with Crippen molar-refractivity contribution in [1.82, 2.24) is 0 Å². The summed E-state index contributed by atoms with van der Waals surface area (Å²) in [5.74, 6) is -0.168. The van der Waals surface area contributed by atoms with Crippen LogP contribution in [0.1, 0.15) is 67.2 Å². The minimum Gasteiger partial charge on any atom is -0.389 e. The highest BCUT2D eigenvalue weighted by Crippen LogP contribution is 2.65. The van der Waals surface area contributed by atoms with Crippen molar-refractivity contribution in [2.24, 2.45) is 17.3 Å². The van der Waals surface area contributed by atoms with Gasteiger partial charge in [0.1, 0.15) is 17.6 Å². The van der Waals surface area contributed by atoms with Gasteiger partial charge in [-0.05, 0) is 96.6 Å². The molecule has 1 N–H and O–H groups in total. The van der Waals surface area contributed by atoms with Crippen LogP contribution in [0, 0.1) is 34.4 Å². The predicted molar refractivity (Wildman–Crippen MR) is 126 cm³/mol. The van der Waals surface area contributed by atoms with E-state index in [-0.39, 0.29) is 29.7 Å². The maximum Gasteiger partial charge on any atom is 0.534 e. The number of benzene rings is 2. The van der Waals surface area contributed by atoms with Crippen LogP contribution in [0.25, 0.3) is 0 Å². The van der Waals surface area contributed by atoms with E-state index in [0.717, 1.165) is 43.4 Å². The van der Waals surface area contributed by atoms with Crippen LogP contribution in [-0.4, -0.2) is 24.6 Å². The first-order valence-electron chi connectivity index (χ1n) is 12.3. The maximum absolute atomic E-state index is 14.8. The third-order valence-electron chi connectivity index (χ3n) is 9.20. The first kappa shape index (κ1) is 26.0.